The van der Waals surface area contributed by atoms with Gasteiger partial charge >= 0.3 is 11.9 Å². The molecule has 0 bridgehead atoms. The number of aromatic carboxylic acids is 1. The highest BCUT2D eigenvalue weighted by molar-refractivity contribution is 7.98. The van der Waals surface area contributed by atoms with Gasteiger partial charge in [0, 0.05) is 4.90 Å². The summed E-state index contributed by atoms with van der Waals surface area (Å²) in [4.78, 5) is 22.9. The minimum atomic E-state index is -1.13. The zero-order valence-corrected chi connectivity index (χ0v) is 9.13. The molecule has 1 aromatic carbocycles. The summed E-state index contributed by atoms with van der Waals surface area (Å²) in [5, 5.41) is 8.91. The van der Waals surface area contributed by atoms with E-state index in [4.69, 9.17) is 5.11 Å². The Labute approximate surface area is 91.2 Å². The van der Waals surface area contributed by atoms with Crippen LogP contribution in [-0.4, -0.2) is 30.4 Å². The van der Waals surface area contributed by atoms with E-state index in [-0.39, 0.29) is 11.1 Å². The fourth-order valence-electron chi connectivity index (χ4n) is 1.19. The van der Waals surface area contributed by atoms with E-state index in [0.29, 0.717) is 4.90 Å². The maximum atomic E-state index is 11.4. The summed E-state index contributed by atoms with van der Waals surface area (Å²) >= 11 is 1.31. The number of carboxylic acid groups (broad SMARTS) is 1. The highest BCUT2D eigenvalue weighted by atomic mass is 32.2. The molecule has 5 heteroatoms. The number of esters is 1. The first-order chi connectivity index (χ1) is 7.11. The Morgan fingerprint density at radius 3 is 2.53 bits per heavy atom. The highest BCUT2D eigenvalue weighted by Gasteiger charge is 2.20. The van der Waals surface area contributed by atoms with Crippen molar-refractivity contribution < 1.29 is 19.4 Å². The molecule has 0 aliphatic carbocycles. The molecule has 1 aromatic rings. The van der Waals surface area contributed by atoms with E-state index in [9.17, 15) is 9.59 Å². The summed E-state index contributed by atoms with van der Waals surface area (Å²) in [6, 6.07) is 4.67. The van der Waals surface area contributed by atoms with Crippen molar-refractivity contribution >= 4 is 23.7 Å². The van der Waals surface area contributed by atoms with Gasteiger partial charge in [0.1, 0.15) is 0 Å². The van der Waals surface area contributed by atoms with Crippen LogP contribution in [-0.2, 0) is 4.74 Å². The minimum absolute atomic E-state index is 0.0336. The quantitative estimate of drug-likeness (QED) is 0.630. The fraction of sp³-hybridized carbons (Fsp3) is 0.200. The molecule has 0 spiro atoms. The molecule has 80 valence electrons. The van der Waals surface area contributed by atoms with Gasteiger partial charge in [0.05, 0.1) is 18.2 Å². The van der Waals surface area contributed by atoms with Crippen LogP contribution >= 0.6 is 11.8 Å². The minimum Gasteiger partial charge on any atom is -0.478 e. The number of carbonyl (C=O) groups is 2. The first-order valence-electron chi connectivity index (χ1n) is 4.10. The molecule has 0 aromatic heterocycles. The molecular weight excluding hydrogens is 216 g/mol. The van der Waals surface area contributed by atoms with E-state index in [0.717, 1.165) is 0 Å². The highest BCUT2D eigenvalue weighted by Crippen LogP contribution is 2.24. The van der Waals surface area contributed by atoms with Gasteiger partial charge in [0.15, 0.2) is 0 Å². The molecule has 0 radical (unpaired) electrons. The Hall–Kier alpha value is -1.49. The lowest BCUT2D eigenvalue weighted by molar-refractivity contribution is 0.0578. The van der Waals surface area contributed by atoms with Crippen LogP contribution in [0.15, 0.2) is 23.1 Å². The van der Waals surface area contributed by atoms with Crippen molar-refractivity contribution in [2.75, 3.05) is 13.4 Å². The Morgan fingerprint density at radius 1 is 1.40 bits per heavy atom. The number of benzene rings is 1. The van der Waals surface area contributed by atoms with Gasteiger partial charge in [-0.3, -0.25) is 0 Å². The van der Waals surface area contributed by atoms with Crippen molar-refractivity contribution in [1.29, 1.82) is 0 Å². The standard InChI is InChI=1S/C10H10O4S/c1-14-10(13)8-6(9(11)12)4-3-5-7(8)15-2/h3-5H,1-2H3,(H,11,12). The summed E-state index contributed by atoms with van der Waals surface area (Å²) in [6.45, 7) is 0. The summed E-state index contributed by atoms with van der Waals surface area (Å²) in [6.07, 6.45) is 1.77. The van der Waals surface area contributed by atoms with Gasteiger partial charge in [0.2, 0.25) is 0 Å². The van der Waals surface area contributed by atoms with E-state index in [1.807, 2.05) is 0 Å². The van der Waals surface area contributed by atoms with E-state index < -0.39 is 11.9 Å². The Morgan fingerprint density at radius 2 is 2.07 bits per heavy atom. The van der Waals surface area contributed by atoms with Crippen LogP contribution < -0.4 is 0 Å². The molecule has 0 fully saturated rings. The number of methoxy groups -OCH3 is 1. The number of carboxylic acids is 1. The Balaban J connectivity index is 3.40. The third-order valence-corrected chi connectivity index (χ3v) is 2.65. The van der Waals surface area contributed by atoms with Crippen molar-refractivity contribution in [2.45, 2.75) is 4.90 Å². The predicted molar refractivity (Wildman–Crippen MR) is 56.5 cm³/mol. The van der Waals surface area contributed by atoms with Crippen LogP contribution in [0.3, 0.4) is 0 Å². The van der Waals surface area contributed by atoms with Gasteiger partial charge in [-0.2, -0.15) is 0 Å². The SMILES string of the molecule is COC(=O)c1c(SC)cccc1C(=O)O. The van der Waals surface area contributed by atoms with E-state index >= 15 is 0 Å². The number of thioether (sulfide) groups is 1. The van der Waals surface area contributed by atoms with E-state index in [1.54, 1.807) is 18.4 Å². The second kappa shape index (κ2) is 4.84. The van der Waals surface area contributed by atoms with Crippen LogP contribution in [0.4, 0.5) is 0 Å². The molecule has 0 saturated carbocycles. The molecule has 0 aliphatic rings. The third-order valence-electron chi connectivity index (χ3n) is 1.87. The molecule has 0 saturated heterocycles. The van der Waals surface area contributed by atoms with Gasteiger partial charge in [-0.05, 0) is 18.4 Å². The summed E-state index contributed by atoms with van der Waals surface area (Å²) in [7, 11) is 1.23. The molecule has 1 rings (SSSR count). The van der Waals surface area contributed by atoms with Gasteiger partial charge in [0.25, 0.3) is 0 Å². The van der Waals surface area contributed by atoms with E-state index in [1.165, 1.54) is 24.9 Å². The molecule has 0 atom stereocenters. The lowest BCUT2D eigenvalue weighted by atomic mass is 10.1. The topological polar surface area (TPSA) is 63.6 Å². The molecule has 1 N–H and O–H groups in total. The fourth-order valence-corrected chi connectivity index (χ4v) is 1.80. The number of hydrogen-bond donors (Lipinski definition) is 1. The normalized spacial score (nSPS) is 9.73. The van der Waals surface area contributed by atoms with Crippen molar-refractivity contribution in [3.63, 3.8) is 0 Å². The molecule has 4 nitrogen and oxygen atoms in total. The second-order valence-corrected chi connectivity index (χ2v) is 3.53. The Kier molecular flexibility index (Phi) is 3.74. The zero-order valence-electron chi connectivity index (χ0n) is 8.31. The first kappa shape index (κ1) is 11.6. The van der Waals surface area contributed by atoms with Crippen molar-refractivity contribution in [3.8, 4) is 0 Å². The zero-order chi connectivity index (χ0) is 11.4. The first-order valence-corrected chi connectivity index (χ1v) is 5.33. The summed E-state index contributed by atoms with van der Waals surface area (Å²) in [5.74, 6) is -1.76. The van der Waals surface area contributed by atoms with Gasteiger partial charge < -0.3 is 9.84 Å². The van der Waals surface area contributed by atoms with Gasteiger partial charge in [-0.15, -0.1) is 11.8 Å². The molecule has 0 unspecified atom stereocenters. The van der Waals surface area contributed by atoms with E-state index in [2.05, 4.69) is 4.74 Å². The van der Waals surface area contributed by atoms with Crippen LogP contribution in [0, 0.1) is 0 Å². The Bertz CT molecular complexity index is 400. The monoisotopic (exact) mass is 226 g/mol. The number of hydrogen-bond acceptors (Lipinski definition) is 4. The number of rotatable bonds is 3. The van der Waals surface area contributed by atoms with Gasteiger partial charge in [-0.25, -0.2) is 9.59 Å². The molecule has 15 heavy (non-hydrogen) atoms. The van der Waals surface area contributed by atoms with Crippen LogP contribution in [0.2, 0.25) is 0 Å². The number of ether oxygens (including phenoxy) is 1. The third kappa shape index (κ3) is 2.30. The maximum absolute atomic E-state index is 11.4. The smallest absolute Gasteiger partial charge is 0.339 e. The summed E-state index contributed by atoms with van der Waals surface area (Å²) in [5.41, 5.74) is 0.0775. The number of carbonyl (C=O) groups excluding carboxylic acids is 1. The van der Waals surface area contributed by atoms with Crippen molar-refractivity contribution in [3.05, 3.63) is 29.3 Å². The van der Waals surface area contributed by atoms with Crippen LogP contribution in [0.5, 0.6) is 0 Å². The average molecular weight is 226 g/mol. The van der Waals surface area contributed by atoms with Crippen molar-refractivity contribution in [2.24, 2.45) is 0 Å². The van der Waals surface area contributed by atoms with Gasteiger partial charge in [-0.1, -0.05) is 6.07 Å². The lowest BCUT2D eigenvalue weighted by Gasteiger charge is -2.08. The van der Waals surface area contributed by atoms with Crippen molar-refractivity contribution in [1.82, 2.24) is 0 Å². The van der Waals surface area contributed by atoms with Crippen LogP contribution in [0.1, 0.15) is 20.7 Å². The second-order valence-electron chi connectivity index (χ2n) is 2.68. The van der Waals surface area contributed by atoms with Crippen LogP contribution in [0.25, 0.3) is 0 Å². The molecule has 0 heterocycles. The molecule has 0 aliphatic heterocycles. The largest absolute Gasteiger partial charge is 0.478 e. The lowest BCUT2D eigenvalue weighted by Crippen LogP contribution is -2.11. The predicted octanol–water partition coefficient (Wildman–Crippen LogP) is 1.89. The average Bonchev–Trinajstić information content (AvgIpc) is 2.26. The molecule has 0 amide bonds. The maximum Gasteiger partial charge on any atom is 0.339 e. The summed E-state index contributed by atoms with van der Waals surface area (Å²) < 4.78 is 4.55. The molecular formula is C10H10O4S.